The summed E-state index contributed by atoms with van der Waals surface area (Å²) in [7, 11) is -2.65. The molecule has 0 aromatic carbocycles. The van der Waals surface area contributed by atoms with Gasteiger partial charge in [0.25, 0.3) is 0 Å². The Kier molecular flexibility index (Phi) is 16.0. The molecule has 0 rings (SSSR count). The van der Waals surface area contributed by atoms with Crippen molar-refractivity contribution in [2.75, 3.05) is 6.61 Å². The lowest BCUT2D eigenvalue weighted by Gasteiger charge is -1.91. The van der Waals surface area contributed by atoms with E-state index in [0.717, 1.165) is 6.42 Å². The summed E-state index contributed by atoms with van der Waals surface area (Å²) in [4.78, 5) is 8.01. The average molecular weight is 182 g/mol. The third-order valence-corrected chi connectivity index (χ3v) is 1.38. The molecule has 0 heterocycles. The highest BCUT2D eigenvalue weighted by molar-refractivity contribution is 7.32. The van der Waals surface area contributed by atoms with Gasteiger partial charge in [-0.25, -0.2) is 0 Å². The molecule has 0 saturated carbocycles. The summed E-state index contributed by atoms with van der Waals surface area (Å²) in [6.45, 7) is 6.62. The second kappa shape index (κ2) is 12.8. The van der Waals surface area contributed by atoms with Crippen LogP contribution in [0.25, 0.3) is 0 Å². The predicted molar refractivity (Wildman–Crippen MR) is 48.0 cm³/mol. The van der Waals surface area contributed by atoms with Crippen molar-refractivity contribution in [2.24, 2.45) is 0 Å². The van der Waals surface area contributed by atoms with Crippen LogP contribution in [0.3, 0.4) is 0 Å². The minimum Gasteiger partial charge on any atom is -0.326 e. The van der Waals surface area contributed by atoms with Gasteiger partial charge in [0.15, 0.2) is 0 Å². The molecule has 0 aliphatic heterocycles. The van der Waals surface area contributed by atoms with Crippen LogP contribution in [0, 0.1) is 0 Å². The van der Waals surface area contributed by atoms with Gasteiger partial charge in [0.05, 0.1) is 6.61 Å². The zero-order chi connectivity index (χ0) is 9.11. The molecule has 1 atom stereocenters. The SMILES string of the molecule is CCCC.CCCO[PH](=O)O. The lowest BCUT2D eigenvalue weighted by Crippen LogP contribution is -1.79. The molecule has 0 aromatic heterocycles. The smallest absolute Gasteiger partial charge is 0.316 e. The fraction of sp³-hybridized carbons (Fsp3) is 1.00. The van der Waals surface area contributed by atoms with Gasteiger partial charge in [0.2, 0.25) is 0 Å². The van der Waals surface area contributed by atoms with Crippen molar-refractivity contribution in [3.8, 4) is 0 Å². The van der Waals surface area contributed by atoms with E-state index in [4.69, 9.17) is 4.89 Å². The van der Waals surface area contributed by atoms with E-state index in [0.29, 0.717) is 6.61 Å². The standard InChI is InChI=1S/C4H10.C3H9O3P/c1-3-4-2;1-2-3-6-7(4)5/h3-4H2,1-2H3;7H,2-3H2,1H3,(H,4,5). The molecule has 0 aromatic rings. The maximum Gasteiger partial charge on any atom is 0.316 e. The molecule has 0 amide bonds. The summed E-state index contributed by atoms with van der Waals surface area (Å²) >= 11 is 0. The van der Waals surface area contributed by atoms with E-state index in [1.165, 1.54) is 12.8 Å². The normalized spacial score (nSPS) is 11.6. The molecule has 4 heteroatoms. The van der Waals surface area contributed by atoms with Crippen molar-refractivity contribution in [3.63, 3.8) is 0 Å². The first kappa shape index (κ1) is 13.7. The lowest BCUT2D eigenvalue weighted by atomic mass is 10.4. The zero-order valence-electron chi connectivity index (χ0n) is 7.59. The van der Waals surface area contributed by atoms with Gasteiger partial charge >= 0.3 is 8.25 Å². The van der Waals surface area contributed by atoms with Crippen molar-refractivity contribution in [2.45, 2.75) is 40.0 Å². The Morgan fingerprint density at radius 3 is 1.73 bits per heavy atom. The van der Waals surface area contributed by atoms with Crippen LogP contribution < -0.4 is 0 Å². The van der Waals surface area contributed by atoms with E-state index >= 15 is 0 Å². The summed E-state index contributed by atoms with van der Waals surface area (Å²) < 4.78 is 14.0. The van der Waals surface area contributed by atoms with Gasteiger partial charge in [-0.2, -0.15) is 0 Å². The molecule has 0 aliphatic carbocycles. The maximum absolute atomic E-state index is 9.72. The zero-order valence-corrected chi connectivity index (χ0v) is 8.59. The molecular formula is C7H19O3P. The fourth-order valence-electron chi connectivity index (χ4n) is 0.189. The van der Waals surface area contributed by atoms with Crippen molar-refractivity contribution in [1.29, 1.82) is 0 Å². The predicted octanol–water partition coefficient (Wildman–Crippen LogP) is 2.60. The van der Waals surface area contributed by atoms with E-state index in [-0.39, 0.29) is 0 Å². The topological polar surface area (TPSA) is 46.5 Å². The van der Waals surface area contributed by atoms with E-state index in [9.17, 15) is 4.57 Å². The van der Waals surface area contributed by atoms with Crippen LogP contribution in [0.2, 0.25) is 0 Å². The van der Waals surface area contributed by atoms with Gasteiger partial charge < -0.3 is 9.42 Å². The minimum absolute atomic E-state index is 0.383. The van der Waals surface area contributed by atoms with E-state index in [1.807, 2.05) is 6.92 Å². The van der Waals surface area contributed by atoms with E-state index in [2.05, 4.69) is 18.4 Å². The number of unbranched alkanes of at least 4 members (excludes halogenated alkanes) is 1. The van der Waals surface area contributed by atoms with Crippen LogP contribution in [-0.4, -0.2) is 11.5 Å². The lowest BCUT2D eigenvalue weighted by molar-refractivity contribution is 0.282. The Labute approximate surface area is 69.7 Å². The van der Waals surface area contributed by atoms with Crippen molar-refractivity contribution >= 4 is 8.25 Å². The quantitative estimate of drug-likeness (QED) is 0.680. The number of hydrogen-bond donors (Lipinski definition) is 1. The molecule has 0 fully saturated rings. The second-order valence-corrected chi connectivity index (χ2v) is 2.93. The summed E-state index contributed by atoms with van der Waals surface area (Å²) in [5.74, 6) is 0. The van der Waals surface area contributed by atoms with Gasteiger partial charge in [-0.15, -0.1) is 0 Å². The van der Waals surface area contributed by atoms with Gasteiger partial charge in [0, 0.05) is 0 Å². The molecule has 0 radical (unpaired) electrons. The Balaban J connectivity index is 0. The third kappa shape index (κ3) is 25.4. The first-order valence-electron chi connectivity index (χ1n) is 4.04. The summed E-state index contributed by atoms with van der Waals surface area (Å²) in [5, 5.41) is 0. The minimum atomic E-state index is -2.65. The molecule has 1 unspecified atom stereocenters. The highest BCUT2D eigenvalue weighted by Crippen LogP contribution is 2.13. The highest BCUT2D eigenvalue weighted by Gasteiger charge is 1.85. The molecule has 11 heavy (non-hydrogen) atoms. The molecule has 0 aliphatic rings. The first-order valence-corrected chi connectivity index (χ1v) is 5.31. The monoisotopic (exact) mass is 182 g/mol. The first-order chi connectivity index (χ1) is 5.18. The van der Waals surface area contributed by atoms with E-state index in [1.54, 1.807) is 0 Å². The van der Waals surface area contributed by atoms with Crippen LogP contribution in [0.5, 0.6) is 0 Å². The van der Waals surface area contributed by atoms with E-state index < -0.39 is 8.25 Å². The number of hydrogen-bond acceptors (Lipinski definition) is 2. The van der Waals surface area contributed by atoms with Crippen LogP contribution in [0.4, 0.5) is 0 Å². The molecule has 70 valence electrons. The van der Waals surface area contributed by atoms with Gasteiger partial charge in [-0.3, -0.25) is 4.57 Å². The Morgan fingerprint density at radius 2 is 1.64 bits per heavy atom. The fourth-order valence-corrected chi connectivity index (χ4v) is 0.568. The molecule has 0 bridgehead atoms. The van der Waals surface area contributed by atoms with Crippen LogP contribution in [0.1, 0.15) is 40.0 Å². The summed E-state index contributed by atoms with van der Waals surface area (Å²) in [6, 6.07) is 0. The highest BCUT2D eigenvalue weighted by atomic mass is 31.1. The van der Waals surface area contributed by atoms with Gasteiger partial charge in [-0.05, 0) is 6.42 Å². The summed E-state index contributed by atoms with van der Waals surface area (Å²) in [6.07, 6.45) is 3.43. The Hall–Kier alpha value is 0.150. The molecular weight excluding hydrogens is 163 g/mol. The average Bonchev–Trinajstić information content (AvgIpc) is 2.01. The van der Waals surface area contributed by atoms with Crippen molar-refractivity contribution < 1.29 is 14.0 Å². The molecule has 3 nitrogen and oxygen atoms in total. The van der Waals surface area contributed by atoms with Crippen LogP contribution in [-0.2, 0) is 9.09 Å². The van der Waals surface area contributed by atoms with Crippen molar-refractivity contribution in [3.05, 3.63) is 0 Å². The third-order valence-electron chi connectivity index (χ3n) is 0.930. The number of rotatable bonds is 4. The Bertz CT molecular complexity index is 83.8. The molecule has 1 N–H and O–H groups in total. The maximum atomic E-state index is 9.72. The largest absolute Gasteiger partial charge is 0.326 e. The van der Waals surface area contributed by atoms with Crippen LogP contribution >= 0.6 is 8.25 Å². The van der Waals surface area contributed by atoms with Crippen LogP contribution in [0.15, 0.2) is 0 Å². The van der Waals surface area contributed by atoms with Crippen molar-refractivity contribution in [1.82, 2.24) is 0 Å². The molecule has 0 saturated heterocycles. The summed E-state index contributed by atoms with van der Waals surface area (Å²) in [5.41, 5.74) is 0. The molecule has 0 spiro atoms. The Morgan fingerprint density at radius 1 is 1.18 bits per heavy atom. The van der Waals surface area contributed by atoms with Gasteiger partial charge in [-0.1, -0.05) is 33.6 Å². The second-order valence-electron chi connectivity index (χ2n) is 2.11. The van der Waals surface area contributed by atoms with Gasteiger partial charge in [0.1, 0.15) is 0 Å².